The molecule has 2 amide bonds. The van der Waals surface area contributed by atoms with Crippen LogP contribution in [-0.2, 0) is 19.1 Å². The summed E-state index contributed by atoms with van der Waals surface area (Å²) in [6.07, 6.45) is 1.12. The SMILES string of the molecule is COCCCNC(=O)CN(C)C(=O)CCC(=O)CCC(=O)c1ccc(C)s1. The molecule has 1 N–H and O–H groups in total. The highest BCUT2D eigenvalue weighted by Crippen LogP contribution is 2.17. The lowest BCUT2D eigenvalue weighted by molar-refractivity contribution is -0.135. The Hall–Kier alpha value is -2.06. The first kappa shape index (κ1) is 23.0. The number of nitrogens with zero attached hydrogens (tertiary/aromatic N) is 1. The molecule has 1 rings (SSSR count). The molecular formula is C19H28N2O5S. The molecule has 0 saturated carbocycles. The lowest BCUT2D eigenvalue weighted by Gasteiger charge is -2.16. The number of nitrogens with one attached hydrogen (secondary N) is 1. The Balaban J connectivity index is 2.22. The highest BCUT2D eigenvalue weighted by Gasteiger charge is 2.16. The first-order valence-electron chi connectivity index (χ1n) is 8.94. The first-order chi connectivity index (χ1) is 12.8. The molecule has 27 heavy (non-hydrogen) atoms. The minimum Gasteiger partial charge on any atom is -0.385 e. The number of thiophene rings is 1. The second-order valence-corrected chi connectivity index (χ2v) is 7.61. The summed E-state index contributed by atoms with van der Waals surface area (Å²) < 4.78 is 4.89. The predicted octanol–water partition coefficient (Wildman–Crippen LogP) is 1.98. The van der Waals surface area contributed by atoms with Crippen molar-refractivity contribution in [2.24, 2.45) is 0 Å². The Bertz CT molecular complexity index is 656. The number of likely N-dealkylation sites (N-methyl/N-ethyl adjacent to an activating group) is 1. The van der Waals surface area contributed by atoms with E-state index in [1.165, 1.54) is 23.3 Å². The monoisotopic (exact) mass is 396 g/mol. The van der Waals surface area contributed by atoms with Crippen molar-refractivity contribution >= 4 is 34.7 Å². The average Bonchev–Trinajstić information content (AvgIpc) is 3.07. The molecule has 0 saturated heterocycles. The van der Waals surface area contributed by atoms with Gasteiger partial charge in [-0.1, -0.05) is 0 Å². The van der Waals surface area contributed by atoms with Crippen molar-refractivity contribution in [1.82, 2.24) is 10.2 Å². The topological polar surface area (TPSA) is 92.8 Å². The fraction of sp³-hybridized carbons (Fsp3) is 0.579. The number of ether oxygens (including phenoxy) is 1. The van der Waals surface area contributed by atoms with Gasteiger partial charge in [-0.3, -0.25) is 19.2 Å². The van der Waals surface area contributed by atoms with Gasteiger partial charge in [-0.15, -0.1) is 11.3 Å². The Morgan fingerprint density at radius 2 is 1.81 bits per heavy atom. The van der Waals surface area contributed by atoms with Gasteiger partial charge in [0.15, 0.2) is 5.78 Å². The van der Waals surface area contributed by atoms with Crippen molar-refractivity contribution in [3.05, 3.63) is 21.9 Å². The van der Waals surface area contributed by atoms with Crippen LogP contribution in [0.1, 0.15) is 46.7 Å². The Kier molecular flexibility index (Phi) is 10.5. The normalized spacial score (nSPS) is 10.5. The summed E-state index contributed by atoms with van der Waals surface area (Å²) >= 11 is 1.42. The van der Waals surface area contributed by atoms with Crippen LogP contribution in [-0.4, -0.2) is 62.1 Å². The summed E-state index contributed by atoms with van der Waals surface area (Å²) in [6, 6.07) is 3.65. The number of aryl methyl sites for hydroxylation is 1. The van der Waals surface area contributed by atoms with Crippen molar-refractivity contribution in [2.75, 3.05) is 33.9 Å². The molecule has 0 bridgehead atoms. The lowest BCUT2D eigenvalue weighted by atomic mass is 10.1. The highest BCUT2D eigenvalue weighted by atomic mass is 32.1. The third-order valence-electron chi connectivity index (χ3n) is 3.92. The number of methoxy groups -OCH3 is 1. The summed E-state index contributed by atoms with van der Waals surface area (Å²) in [6.45, 7) is 2.93. The second-order valence-electron chi connectivity index (χ2n) is 6.32. The van der Waals surface area contributed by atoms with Crippen molar-refractivity contribution < 1.29 is 23.9 Å². The molecule has 0 aliphatic heterocycles. The van der Waals surface area contributed by atoms with Gasteiger partial charge in [0, 0.05) is 57.9 Å². The van der Waals surface area contributed by atoms with Crippen molar-refractivity contribution in [2.45, 2.75) is 39.0 Å². The second kappa shape index (κ2) is 12.3. The molecule has 0 radical (unpaired) electrons. The Morgan fingerprint density at radius 3 is 2.44 bits per heavy atom. The largest absolute Gasteiger partial charge is 0.385 e. The molecule has 8 heteroatoms. The number of carbonyl (C=O) groups excluding carboxylic acids is 4. The van der Waals surface area contributed by atoms with Crippen LogP contribution in [0.2, 0.25) is 0 Å². The van der Waals surface area contributed by atoms with Gasteiger partial charge in [-0.2, -0.15) is 0 Å². The van der Waals surface area contributed by atoms with E-state index in [0.717, 1.165) is 4.88 Å². The molecule has 0 atom stereocenters. The molecule has 0 unspecified atom stereocenters. The molecule has 1 aromatic rings. The van der Waals surface area contributed by atoms with E-state index in [1.54, 1.807) is 13.2 Å². The van der Waals surface area contributed by atoms with Crippen LogP contribution < -0.4 is 5.32 Å². The fourth-order valence-corrected chi connectivity index (χ4v) is 3.16. The molecular weight excluding hydrogens is 368 g/mol. The minimum absolute atomic E-state index is 0.0403. The van der Waals surface area contributed by atoms with Crippen LogP contribution in [0.15, 0.2) is 12.1 Å². The number of amides is 2. The summed E-state index contributed by atoms with van der Waals surface area (Å²) in [5, 5.41) is 2.70. The van der Waals surface area contributed by atoms with Crippen LogP contribution in [0.5, 0.6) is 0 Å². The number of Topliss-reactive ketones (excluding diaryl/α,β-unsaturated/α-hetero) is 2. The summed E-state index contributed by atoms with van der Waals surface area (Å²) in [5.74, 6) is -0.682. The molecule has 7 nitrogen and oxygen atoms in total. The Labute approximate surface area is 164 Å². The lowest BCUT2D eigenvalue weighted by Crippen LogP contribution is -2.38. The predicted molar refractivity (Wildman–Crippen MR) is 104 cm³/mol. The zero-order valence-corrected chi connectivity index (χ0v) is 17.0. The van der Waals surface area contributed by atoms with Gasteiger partial charge in [0.05, 0.1) is 11.4 Å². The first-order valence-corrected chi connectivity index (χ1v) is 9.76. The third-order valence-corrected chi connectivity index (χ3v) is 4.96. The summed E-state index contributed by atoms with van der Waals surface area (Å²) in [5.41, 5.74) is 0. The number of rotatable bonds is 13. The quantitative estimate of drug-likeness (QED) is 0.406. The van der Waals surface area contributed by atoms with E-state index in [2.05, 4.69) is 5.32 Å². The van der Waals surface area contributed by atoms with Gasteiger partial charge in [0.2, 0.25) is 11.8 Å². The van der Waals surface area contributed by atoms with Gasteiger partial charge < -0.3 is 15.0 Å². The zero-order valence-electron chi connectivity index (χ0n) is 16.2. The maximum absolute atomic E-state index is 12.0. The summed E-state index contributed by atoms with van der Waals surface area (Å²) in [4.78, 5) is 50.7. The minimum atomic E-state index is -0.268. The molecule has 1 heterocycles. The van der Waals surface area contributed by atoms with Crippen LogP contribution in [0.25, 0.3) is 0 Å². The maximum Gasteiger partial charge on any atom is 0.239 e. The van der Waals surface area contributed by atoms with Gasteiger partial charge in [0.25, 0.3) is 0 Å². The number of hydrogen-bond acceptors (Lipinski definition) is 6. The maximum atomic E-state index is 12.0. The molecule has 1 aromatic heterocycles. The number of hydrogen-bond donors (Lipinski definition) is 1. The van der Waals surface area contributed by atoms with Crippen molar-refractivity contribution in [1.29, 1.82) is 0 Å². The standard InChI is InChI=1S/C19H28N2O5S/c1-14-5-9-17(27-14)16(23)8-6-15(22)7-10-19(25)21(2)13-18(24)20-11-4-12-26-3/h5,9H,4,6-8,10-13H2,1-3H3,(H,20,24). The number of ketones is 2. The van der Waals surface area contributed by atoms with E-state index in [0.29, 0.717) is 24.4 Å². The molecule has 0 aliphatic rings. The van der Waals surface area contributed by atoms with E-state index in [-0.39, 0.29) is 55.6 Å². The van der Waals surface area contributed by atoms with E-state index in [1.807, 2.05) is 13.0 Å². The van der Waals surface area contributed by atoms with E-state index >= 15 is 0 Å². The molecule has 0 aromatic carbocycles. The van der Waals surface area contributed by atoms with Crippen LogP contribution in [0.4, 0.5) is 0 Å². The molecule has 0 spiro atoms. The average molecular weight is 397 g/mol. The van der Waals surface area contributed by atoms with Gasteiger partial charge in [-0.05, 0) is 25.5 Å². The van der Waals surface area contributed by atoms with Crippen LogP contribution in [0, 0.1) is 6.92 Å². The van der Waals surface area contributed by atoms with Crippen molar-refractivity contribution in [3.8, 4) is 0 Å². The molecule has 0 fully saturated rings. The number of carbonyl (C=O) groups is 4. The van der Waals surface area contributed by atoms with E-state index in [9.17, 15) is 19.2 Å². The molecule has 0 aliphatic carbocycles. The van der Waals surface area contributed by atoms with E-state index in [4.69, 9.17) is 4.74 Å². The van der Waals surface area contributed by atoms with Crippen LogP contribution >= 0.6 is 11.3 Å². The Morgan fingerprint density at radius 1 is 1.11 bits per heavy atom. The third kappa shape index (κ3) is 9.44. The fourth-order valence-electron chi connectivity index (χ4n) is 2.33. The van der Waals surface area contributed by atoms with Crippen molar-refractivity contribution in [3.63, 3.8) is 0 Å². The van der Waals surface area contributed by atoms with Gasteiger partial charge in [0.1, 0.15) is 5.78 Å². The molecule has 150 valence electrons. The summed E-state index contributed by atoms with van der Waals surface area (Å²) in [7, 11) is 3.12. The highest BCUT2D eigenvalue weighted by molar-refractivity contribution is 7.14. The zero-order chi connectivity index (χ0) is 20.2. The van der Waals surface area contributed by atoms with E-state index < -0.39 is 0 Å². The van der Waals surface area contributed by atoms with Crippen LogP contribution in [0.3, 0.4) is 0 Å². The van der Waals surface area contributed by atoms with Gasteiger partial charge in [-0.25, -0.2) is 0 Å². The smallest absolute Gasteiger partial charge is 0.239 e. The van der Waals surface area contributed by atoms with Gasteiger partial charge >= 0.3 is 0 Å².